The number of ether oxygens (including phenoxy) is 1. The van der Waals surface area contributed by atoms with E-state index in [2.05, 4.69) is 32.6 Å². The van der Waals surface area contributed by atoms with Crippen molar-refractivity contribution in [3.8, 4) is 0 Å². The number of unbranched alkanes of at least 4 members (excludes halogenated alkanes) is 1. The molecule has 0 spiro atoms. The van der Waals surface area contributed by atoms with Crippen molar-refractivity contribution in [1.29, 1.82) is 0 Å². The molecular weight excluding hydrogens is 302 g/mol. The SMILES string of the molecule is CN=C(NCCCCNc1ccccn1)N(C)CCOCC1CC1. The molecule has 1 aromatic rings. The first-order chi connectivity index (χ1) is 11.8. The van der Waals surface area contributed by atoms with Crippen LogP contribution in [0, 0.1) is 5.92 Å². The second-order valence-electron chi connectivity index (χ2n) is 6.26. The number of nitrogens with one attached hydrogen (secondary N) is 2. The zero-order valence-corrected chi connectivity index (χ0v) is 15.0. The van der Waals surface area contributed by atoms with Crippen LogP contribution in [0.25, 0.3) is 0 Å². The second kappa shape index (κ2) is 10.9. The smallest absolute Gasteiger partial charge is 0.193 e. The Morgan fingerprint density at radius 2 is 2.17 bits per heavy atom. The summed E-state index contributed by atoms with van der Waals surface area (Å²) in [5.74, 6) is 2.70. The van der Waals surface area contributed by atoms with Crippen LogP contribution in [0.15, 0.2) is 29.4 Å². The van der Waals surface area contributed by atoms with Crippen LogP contribution in [-0.2, 0) is 4.74 Å². The first-order valence-corrected chi connectivity index (χ1v) is 8.94. The number of anilines is 1. The molecule has 134 valence electrons. The van der Waals surface area contributed by atoms with Crippen LogP contribution in [0.3, 0.4) is 0 Å². The molecule has 6 heteroatoms. The maximum absolute atomic E-state index is 5.68. The molecule has 24 heavy (non-hydrogen) atoms. The minimum Gasteiger partial charge on any atom is -0.379 e. The summed E-state index contributed by atoms with van der Waals surface area (Å²) in [7, 11) is 3.88. The van der Waals surface area contributed by atoms with Gasteiger partial charge in [-0.2, -0.15) is 0 Å². The maximum Gasteiger partial charge on any atom is 0.193 e. The summed E-state index contributed by atoms with van der Waals surface area (Å²) in [5.41, 5.74) is 0. The highest BCUT2D eigenvalue weighted by Crippen LogP contribution is 2.28. The van der Waals surface area contributed by atoms with Gasteiger partial charge in [-0.3, -0.25) is 4.99 Å². The van der Waals surface area contributed by atoms with E-state index in [4.69, 9.17) is 4.74 Å². The topological polar surface area (TPSA) is 61.8 Å². The van der Waals surface area contributed by atoms with Gasteiger partial charge in [-0.05, 0) is 43.7 Å². The highest BCUT2D eigenvalue weighted by atomic mass is 16.5. The van der Waals surface area contributed by atoms with Gasteiger partial charge >= 0.3 is 0 Å². The Balaban J connectivity index is 1.49. The number of likely N-dealkylation sites (N-methyl/N-ethyl adjacent to an activating group) is 1. The molecule has 1 aromatic heterocycles. The number of hydrogen-bond donors (Lipinski definition) is 2. The number of hydrogen-bond acceptors (Lipinski definition) is 4. The average molecular weight is 333 g/mol. The van der Waals surface area contributed by atoms with Crippen molar-refractivity contribution in [2.24, 2.45) is 10.9 Å². The average Bonchev–Trinajstić information content (AvgIpc) is 3.43. The summed E-state index contributed by atoms with van der Waals surface area (Å²) in [6.45, 7) is 4.41. The maximum atomic E-state index is 5.68. The normalized spacial score (nSPS) is 14.5. The van der Waals surface area contributed by atoms with Gasteiger partial charge in [0.25, 0.3) is 0 Å². The Kier molecular flexibility index (Phi) is 8.38. The third-order valence-electron chi connectivity index (χ3n) is 4.05. The highest BCUT2D eigenvalue weighted by Gasteiger charge is 2.21. The summed E-state index contributed by atoms with van der Waals surface area (Å²) < 4.78 is 5.68. The van der Waals surface area contributed by atoms with Crippen LogP contribution in [0.4, 0.5) is 5.82 Å². The molecule has 1 fully saturated rings. The third kappa shape index (κ3) is 7.64. The zero-order valence-electron chi connectivity index (χ0n) is 15.0. The Morgan fingerprint density at radius 1 is 1.33 bits per heavy atom. The van der Waals surface area contributed by atoms with Crippen LogP contribution < -0.4 is 10.6 Å². The minimum absolute atomic E-state index is 0.766. The number of rotatable bonds is 11. The van der Waals surface area contributed by atoms with Gasteiger partial charge in [-0.1, -0.05) is 6.07 Å². The first-order valence-electron chi connectivity index (χ1n) is 8.94. The number of pyridine rings is 1. The number of aliphatic imine (C=N–C) groups is 1. The molecule has 0 bridgehead atoms. The zero-order chi connectivity index (χ0) is 17.0. The van der Waals surface area contributed by atoms with Crippen molar-refractivity contribution < 1.29 is 4.74 Å². The van der Waals surface area contributed by atoms with Crippen LogP contribution in [0.5, 0.6) is 0 Å². The summed E-state index contributed by atoms with van der Waals surface area (Å²) in [4.78, 5) is 10.7. The van der Waals surface area contributed by atoms with Gasteiger partial charge in [0.2, 0.25) is 0 Å². The lowest BCUT2D eigenvalue weighted by atomic mass is 10.3. The lowest BCUT2D eigenvalue weighted by Crippen LogP contribution is -2.41. The van der Waals surface area contributed by atoms with Gasteiger partial charge in [-0.15, -0.1) is 0 Å². The third-order valence-corrected chi connectivity index (χ3v) is 4.05. The molecule has 1 heterocycles. The van der Waals surface area contributed by atoms with Crippen LogP contribution in [-0.4, -0.2) is 62.8 Å². The summed E-state index contributed by atoms with van der Waals surface area (Å²) in [6, 6.07) is 5.90. The van der Waals surface area contributed by atoms with E-state index in [0.29, 0.717) is 0 Å². The molecule has 1 aliphatic carbocycles. The highest BCUT2D eigenvalue weighted by molar-refractivity contribution is 5.79. The number of guanidine groups is 1. The lowest BCUT2D eigenvalue weighted by Gasteiger charge is -2.22. The van der Waals surface area contributed by atoms with E-state index in [1.54, 1.807) is 6.20 Å². The van der Waals surface area contributed by atoms with Crippen molar-refractivity contribution in [1.82, 2.24) is 15.2 Å². The van der Waals surface area contributed by atoms with E-state index in [1.807, 2.05) is 25.2 Å². The van der Waals surface area contributed by atoms with E-state index >= 15 is 0 Å². The molecule has 2 rings (SSSR count). The second-order valence-corrected chi connectivity index (χ2v) is 6.26. The molecule has 0 radical (unpaired) electrons. The lowest BCUT2D eigenvalue weighted by molar-refractivity contribution is 0.115. The fourth-order valence-corrected chi connectivity index (χ4v) is 2.36. The molecule has 0 unspecified atom stereocenters. The molecule has 0 amide bonds. The van der Waals surface area contributed by atoms with E-state index in [9.17, 15) is 0 Å². The van der Waals surface area contributed by atoms with Gasteiger partial charge in [0, 0.05) is 46.5 Å². The van der Waals surface area contributed by atoms with Crippen molar-refractivity contribution in [2.45, 2.75) is 25.7 Å². The summed E-state index contributed by atoms with van der Waals surface area (Å²) in [5, 5.41) is 6.73. The van der Waals surface area contributed by atoms with E-state index in [-0.39, 0.29) is 0 Å². The molecule has 1 saturated carbocycles. The molecule has 0 aliphatic heterocycles. The Morgan fingerprint density at radius 3 is 2.88 bits per heavy atom. The standard InChI is InChI=1S/C18H31N5O/c1-19-18(23(2)13-14-24-15-16-8-9-16)22-12-6-5-11-21-17-7-3-4-10-20-17/h3-4,7,10,16H,5-6,8-9,11-15H2,1-2H3,(H,19,22)(H,20,21). The molecule has 2 N–H and O–H groups in total. The molecule has 0 atom stereocenters. The van der Waals surface area contributed by atoms with Gasteiger partial charge in [-0.25, -0.2) is 4.98 Å². The van der Waals surface area contributed by atoms with E-state index in [0.717, 1.165) is 63.4 Å². The molecule has 1 aliphatic rings. The fraction of sp³-hybridized carbons (Fsp3) is 0.667. The van der Waals surface area contributed by atoms with Crippen molar-refractivity contribution in [2.75, 3.05) is 52.3 Å². The minimum atomic E-state index is 0.766. The van der Waals surface area contributed by atoms with Gasteiger partial charge in [0.15, 0.2) is 5.96 Å². The van der Waals surface area contributed by atoms with Gasteiger partial charge < -0.3 is 20.3 Å². The first kappa shape index (κ1) is 18.5. The monoisotopic (exact) mass is 333 g/mol. The fourth-order valence-electron chi connectivity index (χ4n) is 2.36. The van der Waals surface area contributed by atoms with Crippen molar-refractivity contribution >= 4 is 11.8 Å². The van der Waals surface area contributed by atoms with E-state index in [1.165, 1.54) is 12.8 Å². The van der Waals surface area contributed by atoms with Crippen molar-refractivity contribution in [3.63, 3.8) is 0 Å². The Labute approximate surface area is 145 Å². The number of aromatic nitrogens is 1. The van der Waals surface area contributed by atoms with Crippen LogP contribution in [0.2, 0.25) is 0 Å². The molecule has 0 aromatic carbocycles. The summed E-state index contributed by atoms with van der Waals surface area (Å²) >= 11 is 0. The van der Waals surface area contributed by atoms with Gasteiger partial charge in [0.1, 0.15) is 5.82 Å². The Hall–Kier alpha value is -1.82. The Bertz CT molecular complexity index is 476. The quantitative estimate of drug-likeness (QED) is 0.369. The predicted molar refractivity (Wildman–Crippen MR) is 99.5 cm³/mol. The molecule has 6 nitrogen and oxygen atoms in total. The van der Waals surface area contributed by atoms with Gasteiger partial charge in [0.05, 0.1) is 6.61 Å². The largest absolute Gasteiger partial charge is 0.379 e. The van der Waals surface area contributed by atoms with Crippen molar-refractivity contribution in [3.05, 3.63) is 24.4 Å². The summed E-state index contributed by atoms with van der Waals surface area (Å²) in [6.07, 6.45) is 6.67. The van der Waals surface area contributed by atoms with E-state index < -0.39 is 0 Å². The van der Waals surface area contributed by atoms with Crippen LogP contribution >= 0.6 is 0 Å². The predicted octanol–water partition coefficient (Wildman–Crippen LogP) is 2.21. The number of nitrogens with zero attached hydrogens (tertiary/aromatic N) is 3. The molecule has 0 saturated heterocycles. The molecular formula is C18H31N5O. The van der Waals surface area contributed by atoms with Crippen LogP contribution in [0.1, 0.15) is 25.7 Å².